The average molecular weight is 380 g/mol. The molecule has 1 fully saturated rings. The molecule has 148 valence electrons. The second kappa shape index (κ2) is 7.47. The van der Waals surface area contributed by atoms with Crippen LogP contribution in [0.4, 0.5) is 0 Å². The molecule has 0 amide bonds. The Bertz CT molecular complexity index is 1030. The van der Waals surface area contributed by atoms with Crippen molar-refractivity contribution in [2.45, 2.75) is 45.6 Å². The van der Waals surface area contributed by atoms with Gasteiger partial charge >= 0.3 is 0 Å². The van der Waals surface area contributed by atoms with E-state index in [2.05, 4.69) is 42.3 Å². The predicted molar refractivity (Wildman–Crippen MR) is 114 cm³/mol. The zero-order valence-electron chi connectivity index (χ0n) is 17.1. The second-order valence-electron chi connectivity index (χ2n) is 8.17. The predicted octanol–water partition coefficient (Wildman–Crippen LogP) is 4.10. The van der Waals surface area contributed by atoms with Gasteiger partial charge in [-0.15, -0.1) is 0 Å². The van der Waals surface area contributed by atoms with Gasteiger partial charge in [0.05, 0.1) is 5.69 Å². The summed E-state index contributed by atoms with van der Waals surface area (Å²) in [6.45, 7) is 8.33. The Morgan fingerprint density at radius 2 is 1.93 bits per heavy atom. The molecule has 4 rings (SSSR count). The number of nitrogens with zero attached hydrogens (tertiary/aromatic N) is 1. The van der Waals surface area contributed by atoms with Crippen LogP contribution in [0.25, 0.3) is 22.2 Å². The van der Waals surface area contributed by atoms with Crippen molar-refractivity contribution in [3.05, 3.63) is 51.9 Å². The third kappa shape index (κ3) is 3.47. The van der Waals surface area contributed by atoms with Crippen LogP contribution in [0.2, 0.25) is 0 Å². The zero-order valence-corrected chi connectivity index (χ0v) is 17.1. The fourth-order valence-corrected chi connectivity index (χ4v) is 4.21. The van der Waals surface area contributed by atoms with Gasteiger partial charge in [0, 0.05) is 35.3 Å². The van der Waals surface area contributed by atoms with Crippen LogP contribution < -0.4 is 15.6 Å². The Morgan fingerprint density at radius 1 is 1.18 bits per heavy atom. The maximum Gasteiger partial charge on any atom is 0.253 e. The third-order valence-corrected chi connectivity index (χ3v) is 5.63. The Balaban J connectivity index is 1.79. The number of rotatable bonds is 4. The van der Waals surface area contributed by atoms with Crippen molar-refractivity contribution in [3.8, 4) is 17.0 Å². The summed E-state index contributed by atoms with van der Waals surface area (Å²) in [6, 6.07) is 8.31. The largest absolute Gasteiger partial charge is 0.490 e. The van der Waals surface area contributed by atoms with E-state index in [1.165, 1.54) is 10.9 Å². The highest BCUT2D eigenvalue weighted by Gasteiger charge is 2.19. The molecular formula is C23H29N3O2. The fraction of sp³-hybridized carbons (Fsp3) is 0.435. The van der Waals surface area contributed by atoms with Gasteiger partial charge in [-0.1, -0.05) is 13.8 Å². The average Bonchev–Trinajstić information content (AvgIpc) is 3.05. The summed E-state index contributed by atoms with van der Waals surface area (Å²) in [5.41, 5.74) is 5.29. The van der Waals surface area contributed by atoms with Crippen molar-refractivity contribution < 1.29 is 4.74 Å². The molecule has 1 aliphatic heterocycles. The molecule has 0 radical (unpaired) electrons. The summed E-state index contributed by atoms with van der Waals surface area (Å²) < 4.78 is 7.93. The summed E-state index contributed by atoms with van der Waals surface area (Å²) in [4.78, 5) is 15.7. The minimum absolute atomic E-state index is 0.0450. The lowest BCUT2D eigenvalue weighted by Gasteiger charge is -2.23. The maximum atomic E-state index is 12.1. The third-order valence-electron chi connectivity index (χ3n) is 5.63. The number of benzene rings is 1. The smallest absolute Gasteiger partial charge is 0.253 e. The molecule has 1 aromatic carbocycles. The molecule has 2 N–H and O–H groups in total. The number of pyridine rings is 1. The minimum atomic E-state index is 0.0450. The topological polar surface area (TPSA) is 59.0 Å². The van der Waals surface area contributed by atoms with E-state index in [0.29, 0.717) is 5.92 Å². The molecule has 0 spiro atoms. The van der Waals surface area contributed by atoms with E-state index in [1.807, 2.05) is 26.2 Å². The lowest BCUT2D eigenvalue weighted by molar-refractivity contribution is 0.162. The van der Waals surface area contributed by atoms with E-state index >= 15 is 0 Å². The number of H-pyrrole nitrogens is 1. The monoisotopic (exact) mass is 379 g/mol. The normalized spacial score (nSPS) is 15.5. The lowest BCUT2D eigenvalue weighted by atomic mass is 9.96. The molecule has 3 heterocycles. The molecule has 2 aromatic heterocycles. The quantitative estimate of drug-likeness (QED) is 0.718. The van der Waals surface area contributed by atoms with Gasteiger partial charge < -0.3 is 19.6 Å². The van der Waals surface area contributed by atoms with E-state index in [-0.39, 0.29) is 11.7 Å². The van der Waals surface area contributed by atoms with E-state index in [1.54, 1.807) is 4.57 Å². The van der Waals surface area contributed by atoms with Crippen molar-refractivity contribution in [1.29, 1.82) is 0 Å². The first-order chi connectivity index (χ1) is 13.4. The van der Waals surface area contributed by atoms with Gasteiger partial charge in [-0.25, -0.2) is 0 Å². The molecule has 1 saturated heterocycles. The summed E-state index contributed by atoms with van der Waals surface area (Å²) in [5, 5.41) is 4.58. The Labute approximate surface area is 165 Å². The highest BCUT2D eigenvalue weighted by molar-refractivity contribution is 5.92. The number of fused-ring (bicyclic) bond motifs is 1. The SMILES string of the molecule is Cc1cc(-c2[nH]c3ccc(OC4CCNCC4)cc3c2C(C)C)cn(C)c1=O. The molecule has 0 bridgehead atoms. The van der Waals surface area contributed by atoms with Gasteiger partial charge in [-0.2, -0.15) is 0 Å². The van der Waals surface area contributed by atoms with E-state index in [4.69, 9.17) is 4.74 Å². The molecule has 0 unspecified atom stereocenters. The Kier molecular flexibility index (Phi) is 5.02. The van der Waals surface area contributed by atoms with Crippen LogP contribution in [0.15, 0.2) is 35.3 Å². The van der Waals surface area contributed by atoms with Gasteiger partial charge in [-0.05, 0) is 68.6 Å². The van der Waals surface area contributed by atoms with Crippen LogP contribution in [0, 0.1) is 6.92 Å². The summed E-state index contributed by atoms with van der Waals surface area (Å²) in [6.07, 6.45) is 4.29. The maximum absolute atomic E-state index is 12.1. The van der Waals surface area contributed by atoms with Crippen LogP contribution in [0.1, 0.15) is 43.7 Å². The van der Waals surface area contributed by atoms with Crippen LogP contribution in [0.3, 0.4) is 0 Å². The highest BCUT2D eigenvalue weighted by Crippen LogP contribution is 2.37. The highest BCUT2D eigenvalue weighted by atomic mass is 16.5. The molecule has 3 aromatic rings. The number of aryl methyl sites for hydroxylation is 2. The second-order valence-corrected chi connectivity index (χ2v) is 8.17. The van der Waals surface area contributed by atoms with Gasteiger partial charge in [0.1, 0.15) is 11.9 Å². The van der Waals surface area contributed by atoms with Gasteiger partial charge in [0.25, 0.3) is 5.56 Å². The van der Waals surface area contributed by atoms with Gasteiger partial charge in [-0.3, -0.25) is 4.79 Å². The van der Waals surface area contributed by atoms with Crippen molar-refractivity contribution >= 4 is 10.9 Å². The van der Waals surface area contributed by atoms with Crippen molar-refractivity contribution in [2.75, 3.05) is 13.1 Å². The molecule has 0 aliphatic carbocycles. The molecule has 1 aliphatic rings. The standard InChI is InChI=1S/C23H29N3O2/c1-14(2)21-19-12-18(28-17-7-9-24-10-8-17)5-6-20(19)25-22(21)16-11-15(3)23(27)26(4)13-16/h5-6,11-14,17,24-25H,7-10H2,1-4H3. The first-order valence-corrected chi connectivity index (χ1v) is 10.1. The first-order valence-electron chi connectivity index (χ1n) is 10.1. The minimum Gasteiger partial charge on any atom is -0.490 e. The number of piperidine rings is 1. The van der Waals surface area contributed by atoms with Crippen molar-refractivity contribution in [1.82, 2.24) is 14.9 Å². The molecule has 5 nitrogen and oxygen atoms in total. The zero-order chi connectivity index (χ0) is 19.8. The van der Waals surface area contributed by atoms with E-state index < -0.39 is 0 Å². The Hall–Kier alpha value is -2.53. The van der Waals surface area contributed by atoms with Crippen LogP contribution in [-0.4, -0.2) is 28.7 Å². The number of aromatic amines is 1. The molecule has 0 atom stereocenters. The van der Waals surface area contributed by atoms with Crippen molar-refractivity contribution in [3.63, 3.8) is 0 Å². The molecule has 28 heavy (non-hydrogen) atoms. The summed E-state index contributed by atoms with van der Waals surface area (Å²) >= 11 is 0. The van der Waals surface area contributed by atoms with Crippen LogP contribution >= 0.6 is 0 Å². The number of nitrogens with one attached hydrogen (secondary N) is 2. The summed E-state index contributed by atoms with van der Waals surface area (Å²) in [7, 11) is 1.81. The fourth-order valence-electron chi connectivity index (χ4n) is 4.21. The molecular weight excluding hydrogens is 350 g/mol. The van der Waals surface area contributed by atoms with Crippen LogP contribution in [0.5, 0.6) is 5.75 Å². The molecule has 0 saturated carbocycles. The lowest BCUT2D eigenvalue weighted by Crippen LogP contribution is -2.34. The van der Waals surface area contributed by atoms with E-state index in [0.717, 1.165) is 54.0 Å². The van der Waals surface area contributed by atoms with Gasteiger partial charge in [0.15, 0.2) is 0 Å². The summed E-state index contributed by atoms with van der Waals surface area (Å²) in [5.74, 6) is 1.28. The van der Waals surface area contributed by atoms with Crippen LogP contribution in [-0.2, 0) is 7.05 Å². The van der Waals surface area contributed by atoms with Gasteiger partial charge in [0.2, 0.25) is 0 Å². The number of ether oxygens (including phenoxy) is 1. The van der Waals surface area contributed by atoms with Crippen molar-refractivity contribution in [2.24, 2.45) is 7.05 Å². The Morgan fingerprint density at radius 3 is 2.61 bits per heavy atom. The molecule has 5 heteroatoms. The number of hydrogen-bond acceptors (Lipinski definition) is 3. The number of hydrogen-bond donors (Lipinski definition) is 2. The van der Waals surface area contributed by atoms with E-state index in [9.17, 15) is 4.79 Å². The number of aromatic nitrogens is 2. The first kappa shape index (κ1) is 18.8.